The number of carbonyl (C=O) groups excluding carboxylic acids is 1. The fraction of sp³-hybridized carbons (Fsp3) is 0.531. The van der Waals surface area contributed by atoms with Crippen molar-refractivity contribution in [1.29, 1.82) is 0 Å². The summed E-state index contributed by atoms with van der Waals surface area (Å²) in [5, 5.41) is 8.60. The summed E-state index contributed by atoms with van der Waals surface area (Å²) in [6.45, 7) is 4.66. The number of rotatable bonds is 5. The Morgan fingerprint density at radius 1 is 1.07 bits per heavy atom. The van der Waals surface area contributed by atoms with Crippen LogP contribution in [0.5, 0.6) is 11.5 Å². The Kier molecular flexibility index (Phi) is 6.91. The highest BCUT2D eigenvalue weighted by molar-refractivity contribution is 6.11. The fourth-order valence-electron chi connectivity index (χ4n) is 7.64. The summed E-state index contributed by atoms with van der Waals surface area (Å²) < 4.78 is 57.5. The van der Waals surface area contributed by atoms with E-state index in [0.29, 0.717) is 41.8 Å². The molecule has 2 fully saturated rings. The zero-order chi connectivity index (χ0) is 29.9. The van der Waals surface area contributed by atoms with Gasteiger partial charge in [-0.25, -0.2) is 0 Å². The van der Waals surface area contributed by atoms with E-state index < -0.39 is 23.1 Å². The van der Waals surface area contributed by atoms with Gasteiger partial charge in [-0.15, -0.1) is 10.2 Å². The minimum absolute atomic E-state index is 0.00743. The van der Waals surface area contributed by atoms with Crippen molar-refractivity contribution < 1.29 is 27.4 Å². The van der Waals surface area contributed by atoms with Gasteiger partial charge in [0.1, 0.15) is 25.4 Å². The number of hydrogen-bond acceptors (Lipinski definition) is 6. The molecule has 1 saturated carbocycles. The molecule has 0 N–H and O–H groups in total. The van der Waals surface area contributed by atoms with Gasteiger partial charge in [-0.1, -0.05) is 19.8 Å². The van der Waals surface area contributed by atoms with Crippen LogP contribution in [0, 0.1) is 5.92 Å². The van der Waals surface area contributed by atoms with E-state index in [1.807, 2.05) is 23.7 Å². The predicted molar refractivity (Wildman–Crippen MR) is 153 cm³/mol. The van der Waals surface area contributed by atoms with E-state index >= 15 is 0 Å². The van der Waals surface area contributed by atoms with Crippen LogP contribution in [0.3, 0.4) is 0 Å². The first kappa shape index (κ1) is 28.2. The second-order valence-electron chi connectivity index (χ2n) is 12.6. The second kappa shape index (κ2) is 10.5. The summed E-state index contributed by atoms with van der Waals surface area (Å²) in [6.07, 6.45) is 2.89. The number of aromatic nitrogens is 3. The number of hydrogen-bond donors (Lipinski definition) is 0. The Morgan fingerprint density at radius 2 is 1.86 bits per heavy atom. The normalized spacial score (nSPS) is 21.8. The molecule has 1 atom stereocenters. The largest absolute Gasteiger partial charge is 0.486 e. The van der Waals surface area contributed by atoms with Crippen LogP contribution in [-0.4, -0.2) is 51.9 Å². The lowest BCUT2D eigenvalue weighted by atomic mass is 9.77. The van der Waals surface area contributed by atoms with Crippen LogP contribution in [0.4, 0.5) is 18.9 Å². The number of benzene rings is 2. The summed E-state index contributed by atoms with van der Waals surface area (Å²) in [6, 6.07) is 6.75. The highest BCUT2D eigenvalue weighted by Crippen LogP contribution is 2.52. The number of nitrogens with zero attached hydrogens (tertiary/aromatic N) is 5. The zero-order valence-corrected chi connectivity index (χ0v) is 24.5. The molecular weight excluding hydrogens is 559 g/mol. The van der Waals surface area contributed by atoms with E-state index in [-0.39, 0.29) is 24.3 Å². The molecule has 4 aliphatic rings. The Hall–Kier alpha value is -3.60. The molecule has 3 aromatic rings. The van der Waals surface area contributed by atoms with Crippen molar-refractivity contribution in [3.8, 4) is 11.5 Å². The molecule has 43 heavy (non-hydrogen) atoms. The first-order chi connectivity index (χ1) is 20.6. The van der Waals surface area contributed by atoms with E-state index in [1.165, 1.54) is 11.0 Å². The van der Waals surface area contributed by atoms with Crippen LogP contribution in [0.25, 0.3) is 0 Å². The minimum atomic E-state index is -4.59. The minimum Gasteiger partial charge on any atom is -0.486 e. The third-order valence-electron chi connectivity index (χ3n) is 9.62. The topological polar surface area (TPSA) is 72.7 Å². The average Bonchev–Trinajstić information content (AvgIpc) is 3.71. The van der Waals surface area contributed by atoms with Gasteiger partial charge in [0.05, 0.1) is 23.2 Å². The molecule has 8 nitrogen and oxygen atoms in total. The monoisotopic (exact) mass is 595 g/mol. The Morgan fingerprint density at radius 3 is 2.58 bits per heavy atom. The van der Waals surface area contributed by atoms with Gasteiger partial charge in [-0.3, -0.25) is 9.69 Å². The van der Waals surface area contributed by atoms with Gasteiger partial charge < -0.3 is 18.9 Å². The number of carbonyl (C=O) groups is 1. The van der Waals surface area contributed by atoms with Gasteiger partial charge in [0, 0.05) is 25.7 Å². The molecule has 0 unspecified atom stereocenters. The van der Waals surface area contributed by atoms with Crippen molar-refractivity contribution in [2.24, 2.45) is 13.0 Å². The summed E-state index contributed by atoms with van der Waals surface area (Å²) in [4.78, 5) is 17.7. The lowest BCUT2D eigenvalue weighted by molar-refractivity contribution is -0.138. The van der Waals surface area contributed by atoms with Gasteiger partial charge >= 0.3 is 6.18 Å². The Bertz CT molecular complexity index is 1560. The fourth-order valence-corrected chi connectivity index (χ4v) is 7.64. The molecule has 228 valence electrons. The second-order valence-corrected chi connectivity index (χ2v) is 12.6. The molecule has 1 amide bonds. The maximum atomic E-state index is 14.5. The third-order valence-corrected chi connectivity index (χ3v) is 9.62. The predicted octanol–water partition coefficient (Wildman–Crippen LogP) is 5.86. The molecular formula is C32H36F3N5O3. The maximum absolute atomic E-state index is 14.5. The first-order valence-electron chi connectivity index (χ1n) is 15.2. The van der Waals surface area contributed by atoms with Crippen molar-refractivity contribution in [2.75, 3.05) is 31.2 Å². The summed E-state index contributed by atoms with van der Waals surface area (Å²) in [7, 11) is 1.91. The van der Waals surface area contributed by atoms with Crippen molar-refractivity contribution in [3.63, 3.8) is 0 Å². The van der Waals surface area contributed by atoms with Crippen LogP contribution in [0.1, 0.15) is 83.9 Å². The van der Waals surface area contributed by atoms with Crippen LogP contribution in [0.15, 0.2) is 30.6 Å². The lowest BCUT2D eigenvalue weighted by Crippen LogP contribution is -2.33. The molecule has 2 aromatic carbocycles. The number of anilines is 1. The zero-order valence-electron chi connectivity index (χ0n) is 24.5. The van der Waals surface area contributed by atoms with Crippen LogP contribution < -0.4 is 14.4 Å². The smallest absolute Gasteiger partial charge is 0.416 e. The number of fused-ring (bicyclic) bond motifs is 2. The molecule has 11 heteroatoms. The summed E-state index contributed by atoms with van der Waals surface area (Å²) in [5.41, 5.74) is 0.762. The molecule has 7 rings (SSSR count). The van der Waals surface area contributed by atoms with Crippen molar-refractivity contribution >= 4 is 11.6 Å². The van der Waals surface area contributed by atoms with E-state index in [2.05, 4.69) is 22.0 Å². The summed E-state index contributed by atoms with van der Waals surface area (Å²) >= 11 is 0. The number of alkyl halides is 3. The number of piperidine rings is 1. The Labute approximate surface area is 248 Å². The standard InChI is InChI=1S/C32H36F3N5O3/c1-20-6-5-9-39(16-20)17-21-12-23-24(25(13-21)32(33,34)35)18-40(29(23)41)26-14-22(15-27-28(26)43-11-10-42-27)31(7-3-4-8-31)30-37-36-19-38(30)2/h12-15,19-20H,3-11,16-18H2,1-2H3/t20-/m0/s1. The molecule has 0 radical (unpaired) electrons. The Balaban J connectivity index is 1.32. The van der Waals surface area contributed by atoms with Gasteiger partial charge in [-0.05, 0) is 79.1 Å². The number of ether oxygens (including phenoxy) is 2. The molecule has 0 bridgehead atoms. The van der Waals surface area contributed by atoms with E-state index in [4.69, 9.17) is 9.47 Å². The van der Waals surface area contributed by atoms with E-state index in [9.17, 15) is 18.0 Å². The SMILES string of the molecule is C[C@H]1CCCN(Cc2cc3c(c(C(F)(F)F)c2)CN(c2cc(C4(c5nncn5C)CCCC4)cc4c2OCCO4)C3=O)C1. The van der Waals surface area contributed by atoms with Crippen LogP contribution >= 0.6 is 0 Å². The van der Waals surface area contributed by atoms with Crippen LogP contribution in [-0.2, 0) is 31.7 Å². The third kappa shape index (κ3) is 4.85. The van der Waals surface area contributed by atoms with Gasteiger partial charge in [0.15, 0.2) is 11.5 Å². The van der Waals surface area contributed by atoms with E-state index in [1.54, 1.807) is 12.4 Å². The van der Waals surface area contributed by atoms with Crippen molar-refractivity contribution in [3.05, 3.63) is 64.2 Å². The van der Waals surface area contributed by atoms with Crippen molar-refractivity contribution in [2.45, 2.75) is 70.1 Å². The maximum Gasteiger partial charge on any atom is 0.416 e. The average molecular weight is 596 g/mol. The highest BCUT2D eigenvalue weighted by atomic mass is 19.4. The first-order valence-corrected chi connectivity index (χ1v) is 15.2. The van der Waals surface area contributed by atoms with Gasteiger partial charge in [0.25, 0.3) is 5.91 Å². The molecule has 1 aliphatic carbocycles. The molecule has 1 saturated heterocycles. The molecule has 4 heterocycles. The number of likely N-dealkylation sites (tertiary alicyclic amines) is 1. The molecule has 3 aliphatic heterocycles. The van der Waals surface area contributed by atoms with E-state index in [0.717, 1.165) is 63.0 Å². The van der Waals surface area contributed by atoms with Crippen LogP contribution in [0.2, 0.25) is 0 Å². The number of aryl methyl sites for hydroxylation is 1. The summed E-state index contributed by atoms with van der Waals surface area (Å²) in [5.74, 6) is 1.74. The lowest BCUT2D eigenvalue weighted by Gasteiger charge is -2.32. The van der Waals surface area contributed by atoms with Gasteiger partial charge in [-0.2, -0.15) is 13.2 Å². The molecule has 0 spiro atoms. The number of amides is 1. The van der Waals surface area contributed by atoms with Gasteiger partial charge in [0.2, 0.25) is 0 Å². The quantitative estimate of drug-likeness (QED) is 0.368. The highest BCUT2D eigenvalue weighted by Gasteiger charge is 2.45. The molecule has 1 aromatic heterocycles. The van der Waals surface area contributed by atoms with Crippen molar-refractivity contribution in [1.82, 2.24) is 19.7 Å². The number of halogens is 3.